The van der Waals surface area contributed by atoms with Crippen molar-refractivity contribution in [1.29, 1.82) is 0 Å². The van der Waals surface area contributed by atoms with Gasteiger partial charge in [-0.15, -0.1) is 11.3 Å². The van der Waals surface area contributed by atoms with Gasteiger partial charge in [0.1, 0.15) is 5.82 Å². The summed E-state index contributed by atoms with van der Waals surface area (Å²) < 4.78 is 15.4. The van der Waals surface area contributed by atoms with E-state index in [0.717, 1.165) is 36.3 Å². The number of hydrogen-bond donors (Lipinski definition) is 1. The average molecular weight is 306 g/mol. The normalized spacial score (nSPS) is 19.7. The molecule has 1 saturated heterocycles. The summed E-state index contributed by atoms with van der Waals surface area (Å²) in [4.78, 5) is 3.78. The second kappa shape index (κ2) is 6.42. The van der Waals surface area contributed by atoms with Crippen LogP contribution in [0.1, 0.15) is 37.1 Å². The predicted molar refractivity (Wildman–Crippen MR) is 88.3 cm³/mol. The van der Waals surface area contributed by atoms with Crippen LogP contribution in [0.15, 0.2) is 18.2 Å². The molecule has 1 atom stereocenters. The van der Waals surface area contributed by atoms with Gasteiger partial charge >= 0.3 is 0 Å². The van der Waals surface area contributed by atoms with Crippen LogP contribution in [0.5, 0.6) is 0 Å². The van der Waals surface area contributed by atoms with Gasteiger partial charge in [-0.05, 0) is 50.6 Å². The minimum atomic E-state index is -0.0756. The largest absolute Gasteiger partial charge is 0.312 e. The third-order valence-corrected chi connectivity index (χ3v) is 5.63. The van der Waals surface area contributed by atoms with Crippen LogP contribution in [0, 0.1) is 5.82 Å². The first-order chi connectivity index (χ1) is 10.2. The number of hydrogen-bond acceptors (Lipinski definition) is 3. The summed E-state index contributed by atoms with van der Waals surface area (Å²) in [7, 11) is 0. The number of fused-ring (bicyclic) bond motifs is 1. The maximum absolute atomic E-state index is 14.3. The van der Waals surface area contributed by atoms with Crippen LogP contribution in [-0.4, -0.2) is 24.0 Å². The first-order valence-corrected chi connectivity index (χ1v) is 8.66. The molecule has 1 N–H and O–H groups in total. The zero-order chi connectivity index (χ0) is 14.8. The molecule has 1 fully saturated rings. The molecule has 0 saturated carbocycles. The molecule has 0 amide bonds. The van der Waals surface area contributed by atoms with E-state index in [9.17, 15) is 4.39 Å². The Morgan fingerprint density at radius 2 is 2.29 bits per heavy atom. The van der Waals surface area contributed by atoms with E-state index in [2.05, 4.69) is 24.1 Å². The van der Waals surface area contributed by atoms with E-state index in [1.54, 1.807) is 17.4 Å². The van der Waals surface area contributed by atoms with Gasteiger partial charge in [0.25, 0.3) is 0 Å². The van der Waals surface area contributed by atoms with Gasteiger partial charge in [0.05, 0.1) is 0 Å². The van der Waals surface area contributed by atoms with Crippen LogP contribution in [0.4, 0.5) is 4.39 Å². The van der Waals surface area contributed by atoms with Crippen molar-refractivity contribution in [2.75, 3.05) is 13.1 Å². The SMILES string of the molecule is CCNCc1sc2cccc(F)c2c1CN1CCCC1C. The van der Waals surface area contributed by atoms with E-state index in [-0.39, 0.29) is 5.82 Å². The second-order valence-corrected chi connectivity index (χ2v) is 7.00. The highest BCUT2D eigenvalue weighted by atomic mass is 32.1. The van der Waals surface area contributed by atoms with Gasteiger partial charge in [-0.2, -0.15) is 0 Å². The number of nitrogens with zero attached hydrogens (tertiary/aromatic N) is 1. The second-order valence-electron chi connectivity index (χ2n) is 5.86. The van der Waals surface area contributed by atoms with Crippen LogP contribution in [0.3, 0.4) is 0 Å². The fraction of sp³-hybridized carbons (Fsp3) is 0.529. The third kappa shape index (κ3) is 2.98. The zero-order valence-electron chi connectivity index (χ0n) is 12.8. The summed E-state index contributed by atoms with van der Waals surface area (Å²) in [5, 5.41) is 4.23. The Balaban J connectivity index is 1.99. The van der Waals surface area contributed by atoms with Gasteiger partial charge in [0.2, 0.25) is 0 Å². The van der Waals surface area contributed by atoms with E-state index >= 15 is 0 Å². The van der Waals surface area contributed by atoms with Crippen LogP contribution in [0.2, 0.25) is 0 Å². The lowest BCUT2D eigenvalue weighted by Crippen LogP contribution is -2.27. The minimum Gasteiger partial charge on any atom is -0.312 e. The maximum Gasteiger partial charge on any atom is 0.132 e. The lowest BCUT2D eigenvalue weighted by Gasteiger charge is -2.21. The molecule has 2 aromatic rings. The molecule has 0 spiro atoms. The van der Waals surface area contributed by atoms with Crippen molar-refractivity contribution in [3.63, 3.8) is 0 Å². The van der Waals surface area contributed by atoms with E-state index in [1.807, 2.05) is 12.1 Å². The van der Waals surface area contributed by atoms with E-state index in [4.69, 9.17) is 0 Å². The number of rotatable bonds is 5. The van der Waals surface area contributed by atoms with Crippen LogP contribution in [0.25, 0.3) is 10.1 Å². The summed E-state index contributed by atoms with van der Waals surface area (Å²) in [6.07, 6.45) is 2.52. The molecule has 1 aliphatic rings. The van der Waals surface area contributed by atoms with Crippen LogP contribution >= 0.6 is 11.3 Å². The van der Waals surface area contributed by atoms with E-state index in [0.29, 0.717) is 6.04 Å². The molecule has 0 bridgehead atoms. The topological polar surface area (TPSA) is 15.3 Å². The van der Waals surface area contributed by atoms with E-state index in [1.165, 1.54) is 23.3 Å². The first-order valence-electron chi connectivity index (χ1n) is 7.84. The molecule has 1 aromatic carbocycles. The molecule has 1 aliphatic heterocycles. The molecule has 0 radical (unpaired) electrons. The van der Waals surface area contributed by atoms with Gasteiger partial charge in [0, 0.05) is 34.1 Å². The fourth-order valence-electron chi connectivity index (χ4n) is 3.20. The zero-order valence-corrected chi connectivity index (χ0v) is 13.6. The number of thiophene rings is 1. The highest BCUT2D eigenvalue weighted by Gasteiger charge is 2.24. The molecular weight excluding hydrogens is 283 g/mol. The Morgan fingerprint density at radius 1 is 1.43 bits per heavy atom. The highest BCUT2D eigenvalue weighted by Crippen LogP contribution is 2.35. The highest BCUT2D eigenvalue weighted by molar-refractivity contribution is 7.19. The summed E-state index contributed by atoms with van der Waals surface area (Å²) in [5.41, 5.74) is 1.20. The van der Waals surface area contributed by atoms with Crippen molar-refractivity contribution >= 4 is 21.4 Å². The Hall–Kier alpha value is -0.970. The molecule has 4 heteroatoms. The third-order valence-electron chi connectivity index (χ3n) is 4.43. The molecule has 0 aliphatic carbocycles. The Kier molecular flexibility index (Phi) is 4.57. The van der Waals surface area contributed by atoms with Crippen molar-refractivity contribution < 1.29 is 4.39 Å². The molecule has 1 aromatic heterocycles. The lowest BCUT2D eigenvalue weighted by atomic mass is 10.1. The van der Waals surface area contributed by atoms with Gasteiger partial charge in [-0.3, -0.25) is 4.90 Å². The van der Waals surface area contributed by atoms with E-state index < -0.39 is 0 Å². The van der Waals surface area contributed by atoms with Crippen molar-refractivity contribution in [1.82, 2.24) is 10.2 Å². The number of likely N-dealkylation sites (tertiary alicyclic amines) is 1. The molecular formula is C17H23FN2S. The summed E-state index contributed by atoms with van der Waals surface area (Å²) in [6, 6.07) is 6.05. The van der Waals surface area contributed by atoms with Crippen molar-refractivity contribution in [3.05, 3.63) is 34.5 Å². The van der Waals surface area contributed by atoms with Gasteiger partial charge in [-0.1, -0.05) is 13.0 Å². The Bertz CT molecular complexity index is 623. The average Bonchev–Trinajstić information content (AvgIpc) is 3.03. The smallest absolute Gasteiger partial charge is 0.132 e. The summed E-state index contributed by atoms with van der Waals surface area (Å²) in [5.74, 6) is -0.0756. The van der Waals surface area contributed by atoms with Crippen molar-refractivity contribution in [2.24, 2.45) is 0 Å². The van der Waals surface area contributed by atoms with Crippen molar-refractivity contribution in [3.8, 4) is 0 Å². The number of halogens is 1. The Labute approximate surface area is 130 Å². The van der Waals surface area contributed by atoms with Gasteiger partial charge in [0.15, 0.2) is 0 Å². The lowest BCUT2D eigenvalue weighted by molar-refractivity contribution is 0.260. The molecule has 114 valence electrons. The van der Waals surface area contributed by atoms with Gasteiger partial charge < -0.3 is 5.32 Å². The molecule has 1 unspecified atom stereocenters. The van der Waals surface area contributed by atoms with Gasteiger partial charge in [-0.25, -0.2) is 4.39 Å². The molecule has 2 nitrogen and oxygen atoms in total. The van der Waals surface area contributed by atoms with Crippen LogP contribution in [-0.2, 0) is 13.1 Å². The molecule has 2 heterocycles. The first kappa shape index (κ1) is 14.9. The number of benzene rings is 1. The molecule has 3 rings (SSSR count). The quantitative estimate of drug-likeness (QED) is 0.893. The minimum absolute atomic E-state index is 0.0756. The summed E-state index contributed by atoms with van der Waals surface area (Å²) in [6.45, 7) is 8.18. The fourth-order valence-corrected chi connectivity index (χ4v) is 4.39. The molecule has 21 heavy (non-hydrogen) atoms. The number of nitrogens with one attached hydrogen (secondary N) is 1. The summed E-state index contributed by atoms with van der Waals surface area (Å²) >= 11 is 1.73. The van der Waals surface area contributed by atoms with Crippen molar-refractivity contribution in [2.45, 2.75) is 45.8 Å². The maximum atomic E-state index is 14.3. The monoisotopic (exact) mass is 306 g/mol. The van der Waals surface area contributed by atoms with Crippen LogP contribution < -0.4 is 5.32 Å². The Morgan fingerprint density at radius 3 is 3.00 bits per heavy atom. The standard InChI is InChI=1S/C17H23FN2S/c1-3-19-10-16-13(11-20-9-5-6-12(20)2)17-14(18)7-4-8-15(17)21-16/h4,7-8,12,19H,3,5-6,9-11H2,1-2H3. The predicted octanol–water partition coefficient (Wildman–Crippen LogP) is 4.13.